The third kappa shape index (κ3) is 3.83. The fraction of sp³-hybridized carbons (Fsp3) is 0.250. The molecule has 0 bridgehead atoms. The molecule has 0 spiro atoms. The van der Waals surface area contributed by atoms with E-state index in [1.807, 2.05) is 0 Å². The van der Waals surface area contributed by atoms with E-state index in [1.54, 1.807) is 6.07 Å². The van der Waals surface area contributed by atoms with E-state index < -0.39 is 9.05 Å². The molecule has 0 aliphatic heterocycles. The molecule has 7 heteroatoms. The highest BCUT2D eigenvalue weighted by Gasteiger charge is 2.14. The van der Waals surface area contributed by atoms with Crippen LogP contribution in [0.4, 0.5) is 0 Å². The zero-order chi connectivity index (χ0) is 11.6. The van der Waals surface area contributed by atoms with Crippen molar-refractivity contribution in [3.8, 4) is 5.75 Å². The van der Waals surface area contributed by atoms with Crippen molar-refractivity contribution in [3.63, 3.8) is 0 Å². The molecule has 1 aromatic carbocycles. The number of rotatable bonds is 3. The molecular formula is C8H7BrCl2O3S. The van der Waals surface area contributed by atoms with E-state index in [-0.39, 0.29) is 5.75 Å². The summed E-state index contributed by atoms with van der Waals surface area (Å²) >= 11 is 9.01. The van der Waals surface area contributed by atoms with Gasteiger partial charge < -0.3 is 4.74 Å². The SMILES string of the molecule is COc1cc(Cl)cc(CS(=O)(=O)Cl)c1Br. The van der Waals surface area contributed by atoms with Crippen LogP contribution in [0.1, 0.15) is 5.56 Å². The molecule has 1 aromatic rings. The highest BCUT2D eigenvalue weighted by molar-refractivity contribution is 9.10. The molecule has 84 valence electrons. The number of hydrogen-bond donors (Lipinski definition) is 0. The Bertz CT molecular complexity index is 473. The zero-order valence-corrected chi connectivity index (χ0v) is 11.5. The third-order valence-electron chi connectivity index (χ3n) is 1.63. The lowest BCUT2D eigenvalue weighted by Gasteiger charge is -2.08. The summed E-state index contributed by atoms with van der Waals surface area (Å²) in [4.78, 5) is 0. The van der Waals surface area contributed by atoms with Gasteiger partial charge in [-0.2, -0.15) is 0 Å². The molecule has 0 atom stereocenters. The molecule has 0 fully saturated rings. The molecule has 0 aromatic heterocycles. The van der Waals surface area contributed by atoms with Crippen molar-refractivity contribution in [2.75, 3.05) is 7.11 Å². The predicted octanol–water partition coefficient (Wildman–Crippen LogP) is 3.18. The Kier molecular flexibility index (Phi) is 4.29. The van der Waals surface area contributed by atoms with E-state index in [2.05, 4.69) is 15.9 Å². The van der Waals surface area contributed by atoms with Crippen LogP contribution < -0.4 is 4.74 Å². The standard InChI is InChI=1S/C8H7BrCl2O3S/c1-14-7-3-6(10)2-5(8(7)9)4-15(11,12)13/h2-3H,4H2,1H3. The summed E-state index contributed by atoms with van der Waals surface area (Å²) in [6, 6.07) is 3.10. The van der Waals surface area contributed by atoms with Crippen molar-refractivity contribution in [2.45, 2.75) is 5.75 Å². The van der Waals surface area contributed by atoms with E-state index >= 15 is 0 Å². The van der Waals surface area contributed by atoms with Crippen LogP contribution in [0.5, 0.6) is 5.75 Å². The molecule has 1 rings (SSSR count). The van der Waals surface area contributed by atoms with E-state index in [9.17, 15) is 8.42 Å². The summed E-state index contributed by atoms with van der Waals surface area (Å²) in [6.45, 7) is 0. The highest BCUT2D eigenvalue weighted by Crippen LogP contribution is 2.33. The van der Waals surface area contributed by atoms with Crippen molar-refractivity contribution in [3.05, 3.63) is 27.2 Å². The lowest BCUT2D eigenvalue weighted by atomic mass is 10.2. The molecule has 0 N–H and O–H groups in total. The quantitative estimate of drug-likeness (QED) is 0.798. The smallest absolute Gasteiger partial charge is 0.236 e. The lowest BCUT2D eigenvalue weighted by Crippen LogP contribution is -1.98. The first kappa shape index (κ1) is 13.1. The van der Waals surface area contributed by atoms with Gasteiger partial charge in [-0.15, -0.1) is 0 Å². The largest absolute Gasteiger partial charge is 0.496 e. The summed E-state index contributed by atoms with van der Waals surface area (Å²) in [5, 5.41) is 0.394. The van der Waals surface area contributed by atoms with Gasteiger partial charge in [-0.3, -0.25) is 0 Å². The molecular weight excluding hydrogens is 327 g/mol. The molecule has 15 heavy (non-hydrogen) atoms. The number of ether oxygens (including phenoxy) is 1. The van der Waals surface area contributed by atoms with E-state index in [4.69, 9.17) is 27.0 Å². The van der Waals surface area contributed by atoms with Gasteiger partial charge in [0.25, 0.3) is 0 Å². The second kappa shape index (κ2) is 4.91. The van der Waals surface area contributed by atoms with Gasteiger partial charge in [-0.25, -0.2) is 8.42 Å². The molecule has 3 nitrogen and oxygen atoms in total. The summed E-state index contributed by atoms with van der Waals surface area (Å²) in [5.41, 5.74) is 0.467. The van der Waals surface area contributed by atoms with E-state index in [0.29, 0.717) is 20.8 Å². The first-order valence-electron chi connectivity index (χ1n) is 3.77. The number of halogens is 3. The van der Waals surface area contributed by atoms with Gasteiger partial charge >= 0.3 is 0 Å². The molecule has 0 amide bonds. The second-order valence-corrected chi connectivity index (χ2v) is 6.77. The lowest BCUT2D eigenvalue weighted by molar-refractivity contribution is 0.411. The Morgan fingerprint density at radius 3 is 2.53 bits per heavy atom. The maximum Gasteiger partial charge on any atom is 0.236 e. The van der Waals surface area contributed by atoms with Gasteiger partial charge in [-0.05, 0) is 33.6 Å². The van der Waals surface area contributed by atoms with Crippen LogP contribution in [0.3, 0.4) is 0 Å². The molecule has 0 saturated carbocycles. The van der Waals surface area contributed by atoms with Crippen LogP contribution in [-0.4, -0.2) is 15.5 Å². The fourth-order valence-corrected chi connectivity index (χ4v) is 2.96. The number of benzene rings is 1. The average molecular weight is 334 g/mol. The Morgan fingerprint density at radius 2 is 2.07 bits per heavy atom. The van der Waals surface area contributed by atoms with Crippen LogP contribution in [-0.2, 0) is 14.8 Å². The molecule has 0 saturated heterocycles. The summed E-state index contributed by atoms with van der Waals surface area (Å²) in [5.74, 6) is 0.171. The Balaban J connectivity index is 3.24. The highest BCUT2D eigenvalue weighted by atomic mass is 79.9. The number of methoxy groups -OCH3 is 1. The van der Waals surface area contributed by atoms with Gasteiger partial charge in [0.15, 0.2) is 0 Å². The van der Waals surface area contributed by atoms with Gasteiger partial charge in [-0.1, -0.05) is 11.6 Å². The maximum absolute atomic E-state index is 10.9. The first-order valence-corrected chi connectivity index (χ1v) is 7.42. The van der Waals surface area contributed by atoms with Crippen molar-refractivity contribution in [2.24, 2.45) is 0 Å². The normalized spacial score (nSPS) is 11.5. The van der Waals surface area contributed by atoms with Crippen LogP contribution in [0.2, 0.25) is 5.02 Å². The third-order valence-corrected chi connectivity index (χ3v) is 3.73. The van der Waals surface area contributed by atoms with Crippen molar-refractivity contribution in [1.29, 1.82) is 0 Å². The van der Waals surface area contributed by atoms with Gasteiger partial charge in [0.2, 0.25) is 9.05 Å². The Hall–Kier alpha value is 0.0300. The van der Waals surface area contributed by atoms with Crippen LogP contribution in [0.15, 0.2) is 16.6 Å². The average Bonchev–Trinajstić information content (AvgIpc) is 2.08. The van der Waals surface area contributed by atoms with Crippen LogP contribution in [0, 0.1) is 0 Å². The minimum absolute atomic E-state index is 0.300. The summed E-state index contributed by atoms with van der Waals surface area (Å²) in [7, 11) is 3.01. The summed E-state index contributed by atoms with van der Waals surface area (Å²) < 4.78 is 27.4. The van der Waals surface area contributed by atoms with Crippen molar-refractivity contribution >= 4 is 47.3 Å². The van der Waals surface area contributed by atoms with Crippen LogP contribution >= 0.6 is 38.2 Å². The first-order chi connectivity index (χ1) is 6.83. The molecule has 0 unspecified atom stereocenters. The molecule has 0 aliphatic rings. The maximum atomic E-state index is 10.9. The molecule has 0 aliphatic carbocycles. The zero-order valence-electron chi connectivity index (χ0n) is 7.63. The Morgan fingerprint density at radius 1 is 1.47 bits per heavy atom. The second-order valence-electron chi connectivity index (χ2n) is 2.76. The molecule has 0 heterocycles. The minimum Gasteiger partial charge on any atom is -0.496 e. The van der Waals surface area contributed by atoms with Gasteiger partial charge in [0.05, 0.1) is 17.3 Å². The monoisotopic (exact) mass is 332 g/mol. The van der Waals surface area contributed by atoms with Crippen molar-refractivity contribution in [1.82, 2.24) is 0 Å². The van der Waals surface area contributed by atoms with E-state index in [0.717, 1.165) is 0 Å². The summed E-state index contributed by atoms with van der Waals surface area (Å²) in [6.07, 6.45) is 0. The molecule has 0 radical (unpaired) electrons. The minimum atomic E-state index is -3.61. The Labute approximate surface area is 106 Å². The van der Waals surface area contributed by atoms with E-state index in [1.165, 1.54) is 13.2 Å². The van der Waals surface area contributed by atoms with Crippen LogP contribution in [0.25, 0.3) is 0 Å². The fourth-order valence-electron chi connectivity index (χ4n) is 1.06. The predicted molar refractivity (Wildman–Crippen MR) is 64.2 cm³/mol. The number of hydrogen-bond acceptors (Lipinski definition) is 3. The van der Waals surface area contributed by atoms with Gasteiger partial charge in [0.1, 0.15) is 5.75 Å². The van der Waals surface area contributed by atoms with Crippen molar-refractivity contribution < 1.29 is 13.2 Å². The van der Waals surface area contributed by atoms with Gasteiger partial charge in [0, 0.05) is 15.7 Å². The topological polar surface area (TPSA) is 43.4 Å².